The number of nitrogens with zero attached hydrogens (tertiary/aromatic N) is 1. The summed E-state index contributed by atoms with van der Waals surface area (Å²) in [6.07, 6.45) is 0. The fourth-order valence-corrected chi connectivity index (χ4v) is 0.432. The molecule has 0 aliphatic heterocycles. The zero-order valence-corrected chi connectivity index (χ0v) is 10.3. The van der Waals surface area contributed by atoms with Crippen molar-refractivity contribution in [3.8, 4) is 0 Å². The van der Waals surface area contributed by atoms with E-state index in [1.807, 2.05) is 0 Å². The molecule has 0 saturated heterocycles. The SMILES string of the molecule is C[N+](C)(C)CCOP.[W]. The van der Waals surface area contributed by atoms with Gasteiger partial charge in [-0.2, -0.15) is 0 Å². The summed E-state index contributed by atoms with van der Waals surface area (Å²) in [4.78, 5) is 0. The third kappa shape index (κ3) is 12.3. The van der Waals surface area contributed by atoms with Gasteiger partial charge in [0.05, 0.1) is 27.7 Å². The number of rotatable bonds is 3. The topological polar surface area (TPSA) is 9.23 Å². The molecule has 0 bridgehead atoms. The minimum Gasteiger partial charge on any atom is -0.360 e. The molecule has 1 unspecified atom stereocenters. The number of hydrogen-bond donors (Lipinski definition) is 0. The smallest absolute Gasteiger partial charge is 0.102 e. The summed E-state index contributed by atoms with van der Waals surface area (Å²) >= 11 is 0. The molecule has 0 heterocycles. The van der Waals surface area contributed by atoms with Gasteiger partial charge in [0, 0.05) is 30.5 Å². The fraction of sp³-hybridized carbons (Fsp3) is 1.00. The van der Waals surface area contributed by atoms with Crippen LogP contribution in [0.15, 0.2) is 0 Å². The van der Waals surface area contributed by atoms with Gasteiger partial charge in [-0.1, -0.05) is 0 Å². The second-order valence-corrected chi connectivity index (χ2v) is 3.22. The van der Waals surface area contributed by atoms with Crippen LogP contribution < -0.4 is 0 Å². The Morgan fingerprint density at radius 1 is 1.33 bits per heavy atom. The van der Waals surface area contributed by atoms with Gasteiger partial charge >= 0.3 is 0 Å². The van der Waals surface area contributed by atoms with Crippen molar-refractivity contribution in [2.45, 2.75) is 0 Å². The maximum Gasteiger partial charge on any atom is 0.102 e. The Labute approximate surface area is 74.1 Å². The van der Waals surface area contributed by atoms with E-state index in [1.54, 1.807) is 0 Å². The van der Waals surface area contributed by atoms with Crippen molar-refractivity contribution in [3.05, 3.63) is 0 Å². The normalized spacial score (nSPS) is 10.7. The predicted molar refractivity (Wildman–Crippen MR) is 38.6 cm³/mol. The van der Waals surface area contributed by atoms with E-state index in [0.717, 1.165) is 17.6 Å². The van der Waals surface area contributed by atoms with Crippen LogP contribution in [-0.2, 0) is 25.6 Å². The second-order valence-electron chi connectivity index (χ2n) is 2.88. The molecule has 0 aliphatic carbocycles. The molecule has 0 aromatic heterocycles. The molecule has 0 aromatic carbocycles. The van der Waals surface area contributed by atoms with E-state index in [4.69, 9.17) is 4.52 Å². The first-order chi connectivity index (χ1) is 3.56. The van der Waals surface area contributed by atoms with Gasteiger partial charge in [0.1, 0.15) is 6.54 Å². The Morgan fingerprint density at radius 3 is 1.89 bits per heavy atom. The Balaban J connectivity index is 0. The van der Waals surface area contributed by atoms with E-state index in [-0.39, 0.29) is 21.1 Å². The summed E-state index contributed by atoms with van der Waals surface area (Å²) in [5, 5.41) is 0. The van der Waals surface area contributed by atoms with Crippen molar-refractivity contribution < 1.29 is 30.1 Å². The van der Waals surface area contributed by atoms with Crippen molar-refractivity contribution in [2.75, 3.05) is 34.3 Å². The van der Waals surface area contributed by atoms with E-state index in [9.17, 15) is 0 Å². The van der Waals surface area contributed by atoms with E-state index >= 15 is 0 Å². The molecule has 0 amide bonds. The number of hydrogen-bond acceptors (Lipinski definition) is 1. The minimum absolute atomic E-state index is 0. The van der Waals surface area contributed by atoms with Crippen LogP contribution >= 0.6 is 9.47 Å². The maximum absolute atomic E-state index is 4.82. The van der Waals surface area contributed by atoms with Gasteiger partial charge in [0.15, 0.2) is 0 Å². The number of likely N-dealkylation sites (N-methyl/N-ethyl adjacent to an activating group) is 1. The van der Waals surface area contributed by atoms with Crippen molar-refractivity contribution in [1.82, 2.24) is 0 Å². The molecule has 4 heteroatoms. The molecule has 56 valence electrons. The zero-order chi connectivity index (χ0) is 6.62. The van der Waals surface area contributed by atoms with E-state index in [1.165, 1.54) is 0 Å². The summed E-state index contributed by atoms with van der Waals surface area (Å²) in [6.45, 7) is 1.87. The zero-order valence-electron chi connectivity index (χ0n) is 6.26. The van der Waals surface area contributed by atoms with Crippen molar-refractivity contribution >= 4 is 9.47 Å². The molecule has 1 atom stereocenters. The molecule has 0 radical (unpaired) electrons. The van der Waals surface area contributed by atoms with Crippen LogP contribution in [-0.4, -0.2) is 38.8 Å². The quantitative estimate of drug-likeness (QED) is 0.544. The molecule has 0 rings (SSSR count). The van der Waals surface area contributed by atoms with Crippen LogP contribution in [0.1, 0.15) is 0 Å². The van der Waals surface area contributed by atoms with Gasteiger partial charge in [-0.25, -0.2) is 0 Å². The summed E-state index contributed by atoms with van der Waals surface area (Å²) in [7, 11) is 8.68. The van der Waals surface area contributed by atoms with Gasteiger partial charge in [0.2, 0.25) is 0 Å². The van der Waals surface area contributed by atoms with Crippen molar-refractivity contribution in [3.63, 3.8) is 0 Å². The molecule has 0 fully saturated rings. The second kappa shape index (κ2) is 5.80. The maximum atomic E-state index is 4.82. The summed E-state index contributed by atoms with van der Waals surface area (Å²) in [5.41, 5.74) is 0. The summed E-state index contributed by atoms with van der Waals surface area (Å²) in [6, 6.07) is 0. The average Bonchev–Trinajstić information content (AvgIpc) is 1.59. The molecule has 9 heavy (non-hydrogen) atoms. The van der Waals surface area contributed by atoms with Crippen molar-refractivity contribution in [2.24, 2.45) is 0 Å². The van der Waals surface area contributed by atoms with Crippen LogP contribution in [0.25, 0.3) is 0 Å². The van der Waals surface area contributed by atoms with Gasteiger partial charge in [0.25, 0.3) is 0 Å². The van der Waals surface area contributed by atoms with Crippen LogP contribution in [0.3, 0.4) is 0 Å². The molecule has 0 spiro atoms. The Hall–Kier alpha value is 1.04. The van der Waals surface area contributed by atoms with Crippen molar-refractivity contribution in [1.29, 1.82) is 0 Å². The first-order valence-electron chi connectivity index (χ1n) is 2.68. The molecule has 0 N–H and O–H groups in total. The molecule has 0 aromatic rings. The van der Waals surface area contributed by atoms with Crippen LogP contribution in [0.4, 0.5) is 0 Å². The Morgan fingerprint density at radius 2 is 1.78 bits per heavy atom. The van der Waals surface area contributed by atoms with E-state index < -0.39 is 0 Å². The van der Waals surface area contributed by atoms with Gasteiger partial charge in [-0.15, -0.1) is 0 Å². The third-order valence-electron chi connectivity index (χ3n) is 0.880. The minimum atomic E-state index is 0. The Bertz CT molecular complexity index is 64.5. The van der Waals surface area contributed by atoms with Gasteiger partial charge in [-0.05, 0) is 0 Å². The van der Waals surface area contributed by atoms with Gasteiger partial charge in [-0.3, -0.25) is 0 Å². The molecular weight excluding hydrogens is 305 g/mol. The molecule has 2 nitrogen and oxygen atoms in total. The average molecular weight is 320 g/mol. The summed E-state index contributed by atoms with van der Waals surface area (Å²) < 4.78 is 5.79. The first-order valence-corrected chi connectivity index (χ1v) is 3.15. The van der Waals surface area contributed by atoms with Crippen LogP contribution in [0, 0.1) is 0 Å². The molecular formula is C5H15NOPW+. The largest absolute Gasteiger partial charge is 0.360 e. The van der Waals surface area contributed by atoms with Gasteiger partial charge < -0.3 is 9.01 Å². The molecule has 0 aliphatic rings. The third-order valence-corrected chi connectivity index (χ3v) is 1.12. The monoisotopic (exact) mass is 320 g/mol. The molecule has 0 saturated carbocycles. The van der Waals surface area contributed by atoms with Crippen LogP contribution in [0.5, 0.6) is 0 Å². The number of quaternary nitrogens is 1. The summed E-state index contributed by atoms with van der Waals surface area (Å²) in [5.74, 6) is 0. The van der Waals surface area contributed by atoms with E-state index in [2.05, 4.69) is 30.6 Å². The predicted octanol–water partition coefficient (Wildman–Crippen LogP) is 0.497. The fourth-order valence-electron chi connectivity index (χ4n) is 0.327. The standard InChI is InChI=1S/C5H15NOP.W/c1-6(2,3)4-5-7-8;/h4-5,8H2,1-3H3;/q+1;. The van der Waals surface area contributed by atoms with Crippen LogP contribution in [0.2, 0.25) is 0 Å². The first kappa shape index (κ1) is 12.7. The van der Waals surface area contributed by atoms with E-state index in [0.29, 0.717) is 0 Å². The Kier molecular flexibility index (Phi) is 8.17.